The standard InChI is InChI=1S/C9H10ClNS/c1-11(2)9(12)7-5-3-4-6-8(7)10/h3-6H,1-2H3. The van der Waals surface area contributed by atoms with E-state index in [9.17, 15) is 0 Å². The van der Waals surface area contributed by atoms with Gasteiger partial charge in [0.15, 0.2) is 0 Å². The van der Waals surface area contributed by atoms with E-state index < -0.39 is 0 Å². The first-order valence-corrected chi connectivity index (χ1v) is 4.37. The van der Waals surface area contributed by atoms with E-state index in [1.807, 2.05) is 43.3 Å². The molecule has 64 valence electrons. The van der Waals surface area contributed by atoms with E-state index in [0.29, 0.717) is 5.02 Å². The summed E-state index contributed by atoms with van der Waals surface area (Å²) in [6.45, 7) is 0. The maximum Gasteiger partial charge on any atom is 0.110 e. The molecule has 0 aliphatic heterocycles. The average molecular weight is 200 g/mol. The molecule has 0 saturated carbocycles. The smallest absolute Gasteiger partial charge is 0.110 e. The second-order valence-corrected chi connectivity index (χ2v) is 3.47. The maximum absolute atomic E-state index is 5.95. The van der Waals surface area contributed by atoms with Gasteiger partial charge in [-0.3, -0.25) is 0 Å². The largest absolute Gasteiger partial charge is 0.368 e. The van der Waals surface area contributed by atoms with Crippen molar-refractivity contribution in [1.29, 1.82) is 0 Å². The second kappa shape index (κ2) is 3.87. The molecule has 1 aromatic rings. The molecule has 12 heavy (non-hydrogen) atoms. The number of hydrogen-bond acceptors (Lipinski definition) is 1. The molecule has 1 aromatic carbocycles. The van der Waals surface area contributed by atoms with E-state index in [1.165, 1.54) is 0 Å². The minimum absolute atomic E-state index is 0.705. The third kappa shape index (κ3) is 1.96. The molecule has 0 saturated heterocycles. The van der Waals surface area contributed by atoms with Gasteiger partial charge in [0.05, 0.1) is 5.02 Å². The Bertz CT molecular complexity index is 296. The van der Waals surface area contributed by atoms with Crippen LogP contribution < -0.4 is 0 Å². The third-order valence-corrected chi connectivity index (χ3v) is 2.43. The molecule has 0 amide bonds. The Morgan fingerprint density at radius 2 is 1.92 bits per heavy atom. The lowest BCUT2D eigenvalue weighted by Crippen LogP contribution is -2.20. The summed E-state index contributed by atoms with van der Waals surface area (Å²) in [5.74, 6) is 0. The molecule has 0 N–H and O–H groups in total. The zero-order valence-corrected chi connectivity index (χ0v) is 8.62. The van der Waals surface area contributed by atoms with Crippen LogP contribution in [0.3, 0.4) is 0 Å². The summed E-state index contributed by atoms with van der Waals surface area (Å²) in [5.41, 5.74) is 0.916. The summed E-state index contributed by atoms with van der Waals surface area (Å²) in [4.78, 5) is 2.64. The van der Waals surface area contributed by atoms with Crippen molar-refractivity contribution >= 4 is 28.8 Å². The third-order valence-electron chi connectivity index (χ3n) is 1.51. The van der Waals surface area contributed by atoms with Crippen LogP contribution in [0.4, 0.5) is 0 Å². The Balaban J connectivity index is 3.03. The molecule has 0 radical (unpaired) electrons. The SMILES string of the molecule is CN(C)C(=S)c1ccccc1Cl. The fourth-order valence-electron chi connectivity index (χ4n) is 0.876. The highest BCUT2D eigenvalue weighted by Gasteiger charge is 2.05. The highest BCUT2D eigenvalue weighted by molar-refractivity contribution is 7.80. The minimum Gasteiger partial charge on any atom is -0.368 e. The van der Waals surface area contributed by atoms with Gasteiger partial charge in [0.25, 0.3) is 0 Å². The van der Waals surface area contributed by atoms with Crippen LogP contribution in [0.5, 0.6) is 0 Å². The molecule has 1 rings (SSSR count). The summed E-state index contributed by atoms with van der Waals surface area (Å²) >= 11 is 11.1. The van der Waals surface area contributed by atoms with Crippen molar-refractivity contribution in [1.82, 2.24) is 4.90 Å². The van der Waals surface area contributed by atoms with Crippen molar-refractivity contribution in [3.05, 3.63) is 34.9 Å². The molecule has 1 nitrogen and oxygen atoms in total. The summed E-state index contributed by atoms with van der Waals surface area (Å²) < 4.78 is 0. The molecule has 0 heterocycles. The van der Waals surface area contributed by atoms with Crippen molar-refractivity contribution in [2.75, 3.05) is 14.1 Å². The maximum atomic E-state index is 5.95. The molecule has 0 atom stereocenters. The zero-order valence-electron chi connectivity index (χ0n) is 7.04. The monoisotopic (exact) mass is 199 g/mol. The van der Waals surface area contributed by atoms with E-state index in [1.54, 1.807) is 0 Å². The van der Waals surface area contributed by atoms with Gasteiger partial charge in [-0.2, -0.15) is 0 Å². The molecule has 3 heteroatoms. The predicted molar refractivity (Wildman–Crippen MR) is 56.8 cm³/mol. The van der Waals surface area contributed by atoms with Crippen LogP contribution >= 0.6 is 23.8 Å². The number of benzene rings is 1. The van der Waals surface area contributed by atoms with Crippen LogP contribution in [0.2, 0.25) is 5.02 Å². The Hall–Kier alpha value is -0.600. The summed E-state index contributed by atoms with van der Waals surface area (Å²) in [6.07, 6.45) is 0. The van der Waals surface area contributed by atoms with Gasteiger partial charge in [-0.15, -0.1) is 0 Å². The van der Waals surface area contributed by atoms with Gasteiger partial charge < -0.3 is 4.90 Å². The molecule has 0 aliphatic carbocycles. The number of hydrogen-bond donors (Lipinski definition) is 0. The van der Waals surface area contributed by atoms with Crippen LogP contribution in [0.25, 0.3) is 0 Å². The van der Waals surface area contributed by atoms with Gasteiger partial charge in [-0.25, -0.2) is 0 Å². The van der Waals surface area contributed by atoms with Gasteiger partial charge in [0, 0.05) is 19.7 Å². The molecule has 0 bridgehead atoms. The summed E-state index contributed by atoms with van der Waals surface area (Å²) in [5, 5.41) is 0.705. The van der Waals surface area contributed by atoms with Gasteiger partial charge in [0.1, 0.15) is 4.99 Å². The fraction of sp³-hybridized carbons (Fsp3) is 0.222. The molecule has 0 fully saturated rings. The lowest BCUT2D eigenvalue weighted by atomic mass is 10.2. The normalized spacial score (nSPS) is 9.58. The lowest BCUT2D eigenvalue weighted by Gasteiger charge is -2.14. The van der Waals surface area contributed by atoms with Crippen LogP contribution in [0.1, 0.15) is 5.56 Å². The van der Waals surface area contributed by atoms with Gasteiger partial charge in [-0.1, -0.05) is 42.0 Å². The highest BCUT2D eigenvalue weighted by Crippen LogP contribution is 2.16. The van der Waals surface area contributed by atoms with Gasteiger partial charge in [-0.05, 0) is 6.07 Å². The second-order valence-electron chi connectivity index (χ2n) is 2.68. The van der Waals surface area contributed by atoms with E-state index in [4.69, 9.17) is 23.8 Å². The van der Waals surface area contributed by atoms with E-state index in [-0.39, 0.29) is 0 Å². The topological polar surface area (TPSA) is 3.24 Å². The summed E-state index contributed by atoms with van der Waals surface area (Å²) in [6, 6.07) is 7.58. The van der Waals surface area contributed by atoms with E-state index >= 15 is 0 Å². The molecular weight excluding hydrogens is 190 g/mol. The molecule has 0 unspecified atom stereocenters. The number of nitrogens with zero attached hydrogens (tertiary/aromatic N) is 1. The molecule has 0 aliphatic rings. The Morgan fingerprint density at radius 3 is 2.42 bits per heavy atom. The first-order chi connectivity index (χ1) is 5.63. The molecule has 0 spiro atoms. The van der Waals surface area contributed by atoms with Crippen LogP contribution in [-0.2, 0) is 0 Å². The minimum atomic E-state index is 0.705. The van der Waals surface area contributed by atoms with Crippen molar-refractivity contribution in [3.63, 3.8) is 0 Å². The Morgan fingerprint density at radius 1 is 1.33 bits per heavy atom. The van der Waals surface area contributed by atoms with Crippen molar-refractivity contribution in [3.8, 4) is 0 Å². The summed E-state index contributed by atoms with van der Waals surface area (Å²) in [7, 11) is 3.82. The quantitative estimate of drug-likeness (QED) is 0.640. The number of halogens is 1. The number of rotatable bonds is 1. The Labute approximate surface area is 82.9 Å². The first-order valence-electron chi connectivity index (χ1n) is 3.59. The average Bonchev–Trinajstić information content (AvgIpc) is 2.04. The van der Waals surface area contributed by atoms with Crippen LogP contribution in [0, 0.1) is 0 Å². The van der Waals surface area contributed by atoms with Gasteiger partial charge in [0.2, 0.25) is 0 Å². The van der Waals surface area contributed by atoms with Crippen LogP contribution in [-0.4, -0.2) is 24.0 Å². The zero-order chi connectivity index (χ0) is 9.14. The molecular formula is C9H10ClNS. The van der Waals surface area contributed by atoms with Crippen molar-refractivity contribution < 1.29 is 0 Å². The van der Waals surface area contributed by atoms with Crippen molar-refractivity contribution in [2.45, 2.75) is 0 Å². The fourth-order valence-corrected chi connectivity index (χ4v) is 1.33. The van der Waals surface area contributed by atoms with E-state index in [0.717, 1.165) is 10.6 Å². The number of thiocarbonyl (C=S) groups is 1. The Kier molecular flexibility index (Phi) is 3.06. The van der Waals surface area contributed by atoms with E-state index in [2.05, 4.69) is 0 Å². The highest BCUT2D eigenvalue weighted by atomic mass is 35.5. The van der Waals surface area contributed by atoms with Gasteiger partial charge >= 0.3 is 0 Å². The lowest BCUT2D eigenvalue weighted by molar-refractivity contribution is 0.636. The van der Waals surface area contributed by atoms with Crippen molar-refractivity contribution in [2.24, 2.45) is 0 Å². The molecule has 0 aromatic heterocycles. The van der Waals surface area contributed by atoms with Crippen LogP contribution in [0.15, 0.2) is 24.3 Å². The first kappa shape index (κ1) is 9.49. The predicted octanol–water partition coefficient (Wildman–Crippen LogP) is 2.58.